The molecule has 0 aromatic rings. The predicted octanol–water partition coefficient (Wildman–Crippen LogP) is 3.50. The Morgan fingerprint density at radius 1 is 1.20 bits per heavy atom. The number of nitrogens with two attached hydrogens (primary N) is 1. The lowest BCUT2D eigenvalue weighted by Crippen LogP contribution is -2.24. The van der Waals surface area contributed by atoms with Crippen LogP contribution in [0.2, 0.25) is 0 Å². The second kappa shape index (κ2) is 3.62. The third-order valence-corrected chi connectivity index (χ3v) is 4.18. The fourth-order valence-electron chi connectivity index (χ4n) is 2.92. The van der Waals surface area contributed by atoms with Crippen molar-refractivity contribution in [3.63, 3.8) is 0 Å². The van der Waals surface area contributed by atoms with Crippen LogP contribution in [0.5, 0.6) is 0 Å². The molecule has 0 aromatic heterocycles. The number of hydrogen-bond acceptors (Lipinski definition) is 1. The zero-order chi connectivity index (χ0) is 11.1. The van der Waals surface area contributed by atoms with Crippen molar-refractivity contribution >= 4 is 0 Å². The smallest absolute Gasteiger partial charge is 0.0340 e. The molecule has 2 aliphatic rings. The molecular formula is C14H25N. The monoisotopic (exact) mass is 207 g/mol. The van der Waals surface area contributed by atoms with Crippen molar-refractivity contribution in [2.75, 3.05) is 0 Å². The Labute approximate surface area is 94.1 Å². The lowest BCUT2D eigenvalue weighted by atomic mass is 9.74. The third kappa shape index (κ3) is 2.63. The van der Waals surface area contributed by atoms with Crippen molar-refractivity contribution in [3.05, 3.63) is 12.2 Å². The molecule has 2 N–H and O–H groups in total. The van der Waals surface area contributed by atoms with Crippen LogP contribution in [-0.2, 0) is 0 Å². The summed E-state index contributed by atoms with van der Waals surface area (Å²) in [5, 5.41) is 0. The van der Waals surface area contributed by atoms with E-state index < -0.39 is 0 Å². The molecule has 0 heterocycles. The van der Waals surface area contributed by atoms with Gasteiger partial charge in [0.2, 0.25) is 0 Å². The lowest BCUT2D eigenvalue weighted by molar-refractivity contribution is 0.210. The van der Waals surface area contributed by atoms with Gasteiger partial charge in [0.25, 0.3) is 0 Å². The molecular weight excluding hydrogens is 182 g/mol. The van der Waals surface area contributed by atoms with E-state index in [9.17, 15) is 0 Å². The minimum Gasteiger partial charge on any atom is -0.322 e. The van der Waals surface area contributed by atoms with Crippen molar-refractivity contribution in [1.29, 1.82) is 0 Å². The van der Waals surface area contributed by atoms with Gasteiger partial charge in [-0.15, -0.1) is 0 Å². The molecule has 86 valence electrons. The maximum Gasteiger partial charge on any atom is 0.0340 e. The molecule has 2 rings (SSSR count). The molecule has 15 heavy (non-hydrogen) atoms. The Balaban J connectivity index is 1.99. The van der Waals surface area contributed by atoms with Crippen molar-refractivity contribution < 1.29 is 0 Å². The van der Waals surface area contributed by atoms with E-state index >= 15 is 0 Å². The van der Waals surface area contributed by atoms with Gasteiger partial charge in [0.1, 0.15) is 0 Å². The Morgan fingerprint density at radius 3 is 2.40 bits per heavy atom. The van der Waals surface area contributed by atoms with E-state index in [1.54, 1.807) is 0 Å². The van der Waals surface area contributed by atoms with Gasteiger partial charge < -0.3 is 5.73 Å². The highest BCUT2D eigenvalue weighted by Crippen LogP contribution is 2.45. The summed E-state index contributed by atoms with van der Waals surface area (Å²) in [5.41, 5.74) is 6.64. The standard InChI is InChI=1S/C14H25N/c1-13(2,3)12-6-4-5-11(12)7-8-14(15)9-10-14/h7-8,11-12H,4-6,9-10,15H2,1-3H3/b8-7+. The van der Waals surface area contributed by atoms with Crippen molar-refractivity contribution in [2.45, 2.75) is 58.4 Å². The minimum absolute atomic E-state index is 0.0883. The van der Waals surface area contributed by atoms with E-state index in [4.69, 9.17) is 5.73 Å². The normalized spacial score (nSPS) is 34.9. The van der Waals surface area contributed by atoms with Gasteiger partial charge in [-0.05, 0) is 42.9 Å². The zero-order valence-electron chi connectivity index (χ0n) is 10.4. The van der Waals surface area contributed by atoms with Crippen LogP contribution in [0.15, 0.2) is 12.2 Å². The van der Waals surface area contributed by atoms with Crippen LogP contribution in [0.4, 0.5) is 0 Å². The quantitative estimate of drug-likeness (QED) is 0.689. The van der Waals surface area contributed by atoms with Gasteiger partial charge in [0.05, 0.1) is 0 Å². The summed E-state index contributed by atoms with van der Waals surface area (Å²) in [6, 6.07) is 0. The molecule has 2 fully saturated rings. The van der Waals surface area contributed by atoms with Crippen LogP contribution in [0.3, 0.4) is 0 Å². The van der Waals surface area contributed by atoms with Crippen LogP contribution in [0.1, 0.15) is 52.9 Å². The summed E-state index contributed by atoms with van der Waals surface area (Å²) in [7, 11) is 0. The van der Waals surface area contributed by atoms with Crippen LogP contribution in [0, 0.1) is 17.3 Å². The fourth-order valence-corrected chi connectivity index (χ4v) is 2.92. The highest BCUT2D eigenvalue weighted by Gasteiger charge is 2.38. The molecule has 0 aliphatic heterocycles. The summed E-state index contributed by atoms with van der Waals surface area (Å²) < 4.78 is 0. The molecule has 2 unspecified atom stereocenters. The van der Waals surface area contributed by atoms with Crippen molar-refractivity contribution in [3.8, 4) is 0 Å². The second-order valence-corrected chi connectivity index (χ2v) is 6.66. The van der Waals surface area contributed by atoms with Gasteiger partial charge in [-0.1, -0.05) is 39.3 Å². The highest BCUT2D eigenvalue weighted by atomic mass is 14.8. The number of hydrogen-bond donors (Lipinski definition) is 1. The molecule has 2 aliphatic carbocycles. The average molecular weight is 207 g/mol. The summed E-state index contributed by atoms with van der Waals surface area (Å²) >= 11 is 0. The van der Waals surface area contributed by atoms with Gasteiger partial charge in [-0.25, -0.2) is 0 Å². The van der Waals surface area contributed by atoms with Crippen molar-refractivity contribution in [2.24, 2.45) is 23.0 Å². The fraction of sp³-hybridized carbons (Fsp3) is 0.857. The minimum atomic E-state index is 0.0883. The van der Waals surface area contributed by atoms with E-state index in [-0.39, 0.29) is 5.54 Å². The predicted molar refractivity (Wildman–Crippen MR) is 65.6 cm³/mol. The summed E-state index contributed by atoms with van der Waals surface area (Å²) in [5.74, 6) is 1.64. The molecule has 2 saturated carbocycles. The second-order valence-electron chi connectivity index (χ2n) is 6.66. The van der Waals surface area contributed by atoms with Crippen LogP contribution >= 0.6 is 0 Å². The van der Waals surface area contributed by atoms with Crippen LogP contribution in [0.25, 0.3) is 0 Å². The molecule has 0 saturated heterocycles. The molecule has 1 nitrogen and oxygen atoms in total. The summed E-state index contributed by atoms with van der Waals surface area (Å²) in [6.07, 6.45) is 11.3. The molecule has 1 heteroatoms. The lowest BCUT2D eigenvalue weighted by Gasteiger charge is -2.31. The van der Waals surface area contributed by atoms with Gasteiger partial charge in [0, 0.05) is 5.54 Å². The first-order chi connectivity index (χ1) is 6.91. The first kappa shape index (κ1) is 11.2. The number of allylic oxidation sites excluding steroid dienone is 1. The topological polar surface area (TPSA) is 26.0 Å². The highest BCUT2D eigenvalue weighted by molar-refractivity contribution is 5.16. The van der Waals surface area contributed by atoms with E-state index in [2.05, 4.69) is 32.9 Å². The van der Waals surface area contributed by atoms with Gasteiger partial charge in [-0.2, -0.15) is 0 Å². The van der Waals surface area contributed by atoms with Gasteiger partial charge >= 0.3 is 0 Å². The Bertz CT molecular complexity index is 255. The SMILES string of the molecule is CC(C)(C)C1CCCC1/C=C/C1(N)CC1. The maximum absolute atomic E-state index is 6.09. The zero-order valence-corrected chi connectivity index (χ0v) is 10.4. The average Bonchev–Trinajstić information content (AvgIpc) is 2.66. The number of rotatable bonds is 2. The van der Waals surface area contributed by atoms with E-state index in [0.717, 1.165) is 11.8 Å². The molecule has 0 aromatic carbocycles. The Hall–Kier alpha value is -0.300. The Morgan fingerprint density at radius 2 is 1.87 bits per heavy atom. The van der Waals surface area contributed by atoms with E-state index in [0.29, 0.717) is 5.41 Å². The summed E-state index contributed by atoms with van der Waals surface area (Å²) in [4.78, 5) is 0. The van der Waals surface area contributed by atoms with Crippen molar-refractivity contribution in [1.82, 2.24) is 0 Å². The maximum atomic E-state index is 6.09. The van der Waals surface area contributed by atoms with E-state index in [1.807, 2.05) is 0 Å². The first-order valence-electron chi connectivity index (χ1n) is 6.39. The van der Waals surface area contributed by atoms with Gasteiger partial charge in [-0.3, -0.25) is 0 Å². The Kier molecular flexibility index (Phi) is 2.70. The molecule has 0 amide bonds. The van der Waals surface area contributed by atoms with Crippen LogP contribution in [-0.4, -0.2) is 5.54 Å². The molecule has 0 spiro atoms. The third-order valence-electron chi connectivity index (χ3n) is 4.18. The summed E-state index contributed by atoms with van der Waals surface area (Å²) in [6.45, 7) is 7.12. The molecule has 0 bridgehead atoms. The van der Waals surface area contributed by atoms with Gasteiger partial charge in [0.15, 0.2) is 0 Å². The largest absolute Gasteiger partial charge is 0.322 e. The van der Waals surface area contributed by atoms with E-state index in [1.165, 1.54) is 32.1 Å². The van der Waals surface area contributed by atoms with Crippen LogP contribution < -0.4 is 5.73 Å². The molecule has 2 atom stereocenters. The molecule has 0 radical (unpaired) electrons. The first-order valence-corrected chi connectivity index (χ1v) is 6.39.